The Morgan fingerprint density at radius 2 is 1.96 bits per heavy atom. The zero-order valence-corrected chi connectivity index (χ0v) is 15.8. The maximum Gasteiger partial charge on any atom is 0.327 e. The maximum absolute atomic E-state index is 12.5. The van der Waals surface area contributed by atoms with E-state index < -0.39 is 0 Å². The first-order valence-electron chi connectivity index (χ1n) is 8.69. The molecule has 0 radical (unpaired) electrons. The van der Waals surface area contributed by atoms with Gasteiger partial charge in [0.2, 0.25) is 0 Å². The molecule has 0 atom stereocenters. The van der Waals surface area contributed by atoms with E-state index in [1.54, 1.807) is 31.4 Å². The van der Waals surface area contributed by atoms with E-state index in [1.165, 1.54) is 4.57 Å². The highest BCUT2D eigenvalue weighted by Crippen LogP contribution is 2.22. The Labute approximate surface area is 165 Å². The molecule has 0 aliphatic rings. The quantitative estimate of drug-likeness (QED) is 0.557. The smallest absolute Gasteiger partial charge is 0.327 e. The molecule has 4 aromatic rings. The summed E-state index contributed by atoms with van der Waals surface area (Å²) in [5.74, 6) is -0.176. The number of H-pyrrole nitrogens is 1. The molecule has 2 aromatic carbocycles. The van der Waals surface area contributed by atoms with E-state index >= 15 is 0 Å². The molecule has 0 saturated heterocycles. The molecule has 2 N–H and O–H groups in total. The van der Waals surface area contributed by atoms with Crippen LogP contribution in [0.4, 0.5) is 0 Å². The number of carbonyl (C=O) groups excluding carboxylic acids is 1. The third-order valence-corrected chi connectivity index (χ3v) is 4.79. The molecular formula is C21H17ClN4O2. The van der Waals surface area contributed by atoms with Crippen LogP contribution in [0.2, 0.25) is 5.02 Å². The van der Waals surface area contributed by atoms with Gasteiger partial charge in [0, 0.05) is 35.9 Å². The zero-order chi connectivity index (χ0) is 19.7. The SMILES string of the molecule is Cn1c(=O)[nH]c2ncc(-c3cccc(C(=O)NCc4cccc(Cl)c4)c3)cc21. The highest BCUT2D eigenvalue weighted by Gasteiger charge is 2.10. The van der Waals surface area contributed by atoms with E-state index in [-0.39, 0.29) is 11.6 Å². The first-order valence-corrected chi connectivity index (χ1v) is 9.07. The summed E-state index contributed by atoms with van der Waals surface area (Å²) >= 11 is 5.98. The summed E-state index contributed by atoms with van der Waals surface area (Å²) in [6.07, 6.45) is 1.68. The number of pyridine rings is 1. The summed E-state index contributed by atoms with van der Waals surface area (Å²) in [4.78, 5) is 31.3. The monoisotopic (exact) mass is 392 g/mol. The molecule has 4 rings (SSSR count). The Bertz CT molecular complexity index is 1240. The normalized spacial score (nSPS) is 10.9. The topological polar surface area (TPSA) is 79.8 Å². The van der Waals surface area contributed by atoms with Gasteiger partial charge in [0.15, 0.2) is 5.65 Å². The van der Waals surface area contributed by atoms with Gasteiger partial charge >= 0.3 is 5.69 Å². The number of aryl methyl sites for hydroxylation is 1. The van der Waals surface area contributed by atoms with Gasteiger partial charge in [-0.25, -0.2) is 9.78 Å². The number of aromatic amines is 1. The third-order valence-electron chi connectivity index (χ3n) is 4.56. The molecule has 7 heteroatoms. The van der Waals surface area contributed by atoms with Crippen LogP contribution in [0.1, 0.15) is 15.9 Å². The minimum Gasteiger partial charge on any atom is -0.348 e. The molecule has 0 aliphatic heterocycles. The lowest BCUT2D eigenvalue weighted by molar-refractivity contribution is 0.0951. The first kappa shape index (κ1) is 18.0. The van der Waals surface area contributed by atoms with Gasteiger partial charge < -0.3 is 5.32 Å². The minimum atomic E-state index is -0.214. The van der Waals surface area contributed by atoms with Crippen LogP contribution >= 0.6 is 11.6 Å². The number of rotatable bonds is 4. The van der Waals surface area contributed by atoms with E-state index in [4.69, 9.17) is 11.6 Å². The molecule has 140 valence electrons. The second kappa shape index (κ2) is 7.32. The number of nitrogens with one attached hydrogen (secondary N) is 2. The summed E-state index contributed by atoms with van der Waals surface area (Å²) in [5, 5.41) is 3.53. The zero-order valence-electron chi connectivity index (χ0n) is 15.1. The highest BCUT2D eigenvalue weighted by atomic mass is 35.5. The van der Waals surface area contributed by atoms with Crippen molar-refractivity contribution >= 4 is 28.7 Å². The van der Waals surface area contributed by atoms with Crippen molar-refractivity contribution in [1.82, 2.24) is 19.9 Å². The van der Waals surface area contributed by atoms with Crippen molar-refractivity contribution in [3.8, 4) is 11.1 Å². The van der Waals surface area contributed by atoms with Gasteiger partial charge in [-0.1, -0.05) is 35.9 Å². The average Bonchev–Trinajstić information content (AvgIpc) is 2.99. The molecule has 0 aliphatic carbocycles. The summed E-state index contributed by atoms with van der Waals surface area (Å²) in [6, 6.07) is 16.5. The van der Waals surface area contributed by atoms with Crippen LogP contribution in [-0.4, -0.2) is 20.4 Å². The van der Waals surface area contributed by atoms with Crippen molar-refractivity contribution in [2.45, 2.75) is 6.54 Å². The number of carbonyl (C=O) groups is 1. The molecule has 1 amide bonds. The summed E-state index contributed by atoms with van der Waals surface area (Å²) in [7, 11) is 1.69. The maximum atomic E-state index is 12.5. The first-order chi connectivity index (χ1) is 13.5. The van der Waals surface area contributed by atoms with Gasteiger partial charge in [0.1, 0.15) is 0 Å². The Morgan fingerprint density at radius 3 is 2.79 bits per heavy atom. The predicted octanol–water partition coefficient (Wildman–Crippen LogP) is 3.51. The molecule has 6 nitrogen and oxygen atoms in total. The van der Waals surface area contributed by atoms with Gasteiger partial charge in [-0.15, -0.1) is 0 Å². The van der Waals surface area contributed by atoms with Gasteiger partial charge in [-0.05, 0) is 41.5 Å². The standard InChI is InChI=1S/C21H17ClN4O2/c1-26-18-10-16(12-23-19(18)25-21(26)28)14-5-3-6-15(9-14)20(27)24-11-13-4-2-7-17(22)8-13/h2-10,12H,11H2,1H3,(H,24,27)(H,23,25,28). The third kappa shape index (κ3) is 3.54. The molecule has 0 saturated carbocycles. The molecule has 0 fully saturated rings. The number of hydrogen-bond acceptors (Lipinski definition) is 3. The lowest BCUT2D eigenvalue weighted by atomic mass is 10.0. The second-order valence-electron chi connectivity index (χ2n) is 6.47. The van der Waals surface area contributed by atoms with Crippen LogP contribution in [0.25, 0.3) is 22.3 Å². The van der Waals surface area contributed by atoms with E-state index in [0.29, 0.717) is 28.3 Å². The van der Waals surface area contributed by atoms with Crippen LogP contribution in [0.5, 0.6) is 0 Å². The average molecular weight is 393 g/mol. The van der Waals surface area contributed by atoms with Gasteiger partial charge in [-0.3, -0.25) is 14.3 Å². The van der Waals surface area contributed by atoms with E-state index in [9.17, 15) is 9.59 Å². The van der Waals surface area contributed by atoms with Gasteiger partial charge in [0.05, 0.1) is 5.52 Å². The van der Waals surface area contributed by atoms with Crippen molar-refractivity contribution < 1.29 is 4.79 Å². The molecule has 2 heterocycles. The largest absolute Gasteiger partial charge is 0.348 e. The van der Waals surface area contributed by atoms with Gasteiger partial charge in [-0.2, -0.15) is 0 Å². The van der Waals surface area contributed by atoms with Gasteiger partial charge in [0.25, 0.3) is 5.91 Å². The van der Waals surface area contributed by atoms with Crippen molar-refractivity contribution in [3.05, 3.63) is 87.4 Å². The van der Waals surface area contributed by atoms with E-state index in [0.717, 1.165) is 16.7 Å². The molecule has 2 aromatic heterocycles. The molecule has 0 bridgehead atoms. The molecule has 28 heavy (non-hydrogen) atoms. The second-order valence-corrected chi connectivity index (χ2v) is 6.91. The van der Waals surface area contributed by atoms with Crippen LogP contribution in [-0.2, 0) is 13.6 Å². The minimum absolute atomic E-state index is 0.176. The van der Waals surface area contributed by atoms with Crippen molar-refractivity contribution in [1.29, 1.82) is 0 Å². The number of imidazole rings is 1. The number of aromatic nitrogens is 3. The highest BCUT2D eigenvalue weighted by molar-refractivity contribution is 6.30. The Morgan fingerprint density at radius 1 is 1.14 bits per heavy atom. The predicted molar refractivity (Wildman–Crippen MR) is 109 cm³/mol. The summed E-state index contributed by atoms with van der Waals surface area (Å²) in [5.41, 5.74) is 4.17. The fourth-order valence-corrected chi connectivity index (χ4v) is 3.24. The van der Waals surface area contributed by atoms with Crippen LogP contribution in [0, 0.1) is 0 Å². The fourth-order valence-electron chi connectivity index (χ4n) is 3.03. The number of fused-ring (bicyclic) bond motifs is 1. The van der Waals surface area contributed by atoms with Crippen LogP contribution in [0.15, 0.2) is 65.6 Å². The van der Waals surface area contributed by atoms with Crippen molar-refractivity contribution in [2.24, 2.45) is 7.05 Å². The van der Waals surface area contributed by atoms with Crippen molar-refractivity contribution in [2.75, 3.05) is 0 Å². The van der Waals surface area contributed by atoms with E-state index in [1.807, 2.05) is 36.4 Å². The molecule has 0 unspecified atom stereocenters. The molecular weight excluding hydrogens is 376 g/mol. The fraction of sp³-hybridized carbons (Fsp3) is 0.0952. The Kier molecular flexibility index (Phi) is 4.71. The number of nitrogens with zero attached hydrogens (tertiary/aromatic N) is 2. The van der Waals surface area contributed by atoms with E-state index in [2.05, 4.69) is 15.3 Å². The number of hydrogen-bond donors (Lipinski definition) is 2. The Balaban J connectivity index is 1.58. The number of amides is 1. The Hall–Kier alpha value is -3.38. The lowest BCUT2D eigenvalue weighted by Crippen LogP contribution is -2.22. The van der Waals surface area contributed by atoms with Crippen LogP contribution < -0.4 is 11.0 Å². The number of benzene rings is 2. The summed E-state index contributed by atoms with van der Waals surface area (Å²) in [6.45, 7) is 0.391. The summed E-state index contributed by atoms with van der Waals surface area (Å²) < 4.78 is 1.51. The molecule has 0 spiro atoms. The van der Waals surface area contributed by atoms with Crippen LogP contribution in [0.3, 0.4) is 0 Å². The van der Waals surface area contributed by atoms with Crippen molar-refractivity contribution in [3.63, 3.8) is 0 Å². The lowest BCUT2D eigenvalue weighted by Gasteiger charge is -2.08. The number of halogens is 1.